The molecule has 0 saturated carbocycles. The molecule has 134 valence electrons. The van der Waals surface area contributed by atoms with Crippen molar-refractivity contribution in [3.8, 4) is 11.1 Å². The molecule has 27 heavy (non-hydrogen) atoms. The highest BCUT2D eigenvalue weighted by atomic mass is 16.3. The molecular weight excluding hydrogens is 342 g/mol. The Labute approximate surface area is 154 Å². The fraction of sp³-hybridized carbons (Fsp3) is 0.100. The van der Waals surface area contributed by atoms with Crippen molar-refractivity contribution in [2.45, 2.75) is 12.6 Å². The molecule has 5 rings (SSSR count). The minimum absolute atomic E-state index is 0.0843. The van der Waals surface area contributed by atoms with Crippen LogP contribution in [0.4, 0.5) is 17.5 Å². The van der Waals surface area contributed by atoms with Crippen molar-refractivity contribution in [1.29, 1.82) is 0 Å². The van der Waals surface area contributed by atoms with Crippen molar-refractivity contribution in [3.05, 3.63) is 65.4 Å². The lowest BCUT2D eigenvalue weighted by atomic mass is 10.1. The molecule has 2 heterocycles. The van der Waals surface area contributed by atoms with Crippen LogP contribution in [0.2, 0.25) is 0 Å². The second-order valence-electron chi connectivity index (χ2n) is 6.55. The zero-order chi connectivity index (χ0) is 18.5. The van der Waals surface area contributed by atoms with Gasteiger partial charge in [-0.2, -0.15) is 9.97 Å². The van der Waals surface area contributed by atoms with Gasteiger partial charge in [0.15, 0.2) is 0 Å². The van der Waals surface area contributed by atoms with E-state index in [1.165, 1.54) is 0 Å². The lowest BCUT2D eigenvalue weighted by molar-refractivity contribution is 0.225. The van der Waals surface area contributed by atoms with Gasteiger partial charge in [0.2, 0.25) is 11.7 Å². The van der Waals surface area contributed by atoms with E-state index in [0.29, 0.717) is 23.5 Å². The fourth-order valence-electron chi connectivity index (χ4n) is 3.67. The topological polar surface area (TPSA) is 123 Å². The smallest absolute Gasteiger partial charge is 0.233 e. The molecule has 0 bridgehead atoms. The second kappa shape index (κ2) is 5.72. The normalized spacial score (nSPS) is 14.9. The minimum atomic E-state index is -0.611. The van der Waals surface area contributed by atoms with E-state index in [4.69, 9.17) is 15.9 Å². The first kappa shape index (κ1) is 15.7. The van der Waals surface area contributed by atoms with Crippen LogP contribution in [0.15, 0.2) is 53.1 Å². The van der Waals surface area contributed by atoms with E-state index < -0.39 is 6.10 Å². The Morgan fingerprint density at radius 1 is 1.04 bits per heavy atom. The van der Waals surface area contributed by atoms with Gasteiger partial charge in [0, 0.05) is 17.8 Å². The first-order valence-corrected chi connectivity index (χ1v) is 8.56. The van der Waals surface area contributed by atoms with Crippen molar-refractivity contribution < 1.29 is 9.52 Å². The van der Waals surface area contributed by atoms with E-state index in [0.717, 1.165) is 33.5 Å². The zero-order valence-electron chi connectivity index (χ0n) is 14.3. The summed E-state index contributed by atoms with van der Waals surface area (Å²) in [6.07, 6.45) is 0.986. The summed E-state index contributed by atoms with van der Waals surface area (Å²) in [6, 6.07) is 13.9. The van der Waals surface area contributed by atoms with E-state index in [-0.39, 0.29) is 5.95 Å². The first-order valence-electron chi connectivity index (χ1n) is 8.56. The number of fused-ring (bicyclic) bond motifs is 4. The molecule has 7 nitrogen and oxygen atoms in total. The van der Waals surface area contributed by atoms with Crippen LogP contribution in [-0.4, -0.2) is 15.1 Å². The Hall–Kier alpha value is -3.58. The summed E-state index contributed by atoms with van der Waals surface area (Å²) < 4.78 is 5.44. The number of nitrogen functional groups attached to an aromatic ring is 2. The Balaban J connectivity index is 1.44. The number of hydrogen-bond donors (Lipinski definition) is 4. The molecule has 1 aliphatic rings. The molecule has 0 spiro atoms. The quantitative estimate of drug-likeness (QED) is 0.443. The average Bonchev–Trinajstić information content (AvgIpc) is 3.20. The number of benzene rings is 2. The van der Waals surface area contributed by atoms with Gasteiger partial charge in [-0.15, -0.1) is 0 Å². The molecule has 1 aliphatic carbocycles. The number of nitrogens with zero attached hydrogens (tertiary/aromatic N) is 2. The molecule has 7 heteroatoms. The molecule has 2 aromatic heterocycles. The van der Waals surface area contributed by atoms with Crippen LogP contribution < -0.4 is 16.8 Å². The molecule has 1 atom stereocenters. The highest BCUT2D eigenvalue weighted by molar-refractivity contribution is 5.89. The molecule has 0 amide bonds. The number of aliphatic hydroxyl groups excluding tert-OH is 1. The fourth-order valence-corrected chi connectivity index (χ4v) is 3.67. The summed E-state index contributed by atoms with van der Waals surface area (Å²) in [7, 11) is 0. The number of aliphatic hydroxyl groups is 1. The number of aromatic nitrogens is 2. The lowest BCUT2D eigenvalue weighted by Crippen LogP contribution is -2.03. The summed E-state index contributed by atoms with van der Waals surface area (Å²) >= 11 is 0. The second-order valence-corrected chi connectivity index (χ2v) is 6.55. The largest absolute Gasteiger partial charge is 0.446 e. The van der Waals surface area contributed by atoms with E-state index in [1.54, 1.807) is 6.26 Å². The molecule has 0 fully saturated rings. The van der Waals surface area contributed by atoms with Gasteiger partial charge in [0.25, 0.3) is 0 Å². The van der Waals surface area contributed by atoms with Crippen LogP contribution in [0.3, 0.4) is 0 Å². The van der Waals surface area contributed by atoms with E-state index in [9.17, 15) is 5.11 Å². The van der Waals surface area contributed by atoms with Gasteiger partial charge in [-0.25, -0.2) is 0 Å². The number of hydrogen-bond acceptors (Lipinski definition) is 7. The average molecular weight is 359 g/mol. The molecule has 0 unspecified atom stereocenters. The van der Waals surface area contributed by atoms with Crippen LogP contribution in [0, 0.1) is 0 Å². The summed E-state index contributed by atoms with van der Waals surface area (Å²) in [4.78, 5) is 8.04. The number of nitrogens with two attached hydrogens (primary N) is 2. The summed E-state index contributed by atoms with van der Waals surface area (Å²) in [5.74, 6) is 0.379. The number of nitrogens with one attached hydrogen (secondary N) is 1. The van der Waals surface area contributed by atoms with Gasteiger partial charge in [-0.1, -0.05) is 30.3 Å². The van der Waals surface area contributed by atoms with Crippen molar-refractivity contribution in [3.63, 3.8) is 0 Å². The molecule has 2 aromatic carbocycles. The summed E-state index contributed by atoms with van der Waals surface area (Å²) in [5, 5.41) is 14.6. The number of anilines is 3. The van der Waals surface area contributed by atoms with Gasteiger partial charge in [0.05, 0.1) is 11.6 Å². The van der Waals surface area contributed by atoms with Crippen molar-refractivity contribution in [2.24, 2.45) is 0 Å². The van der Waals surface area contributed by atoms with Gasteiger partial charge in [0.1, 0.15) is 11.9 Å². The van der Waals surface area contributed by atoms with E-state index in [1.807, 2.05) is 42.5 Å². The Kier molecular flexibility index (Phi) is 3.32. The van der Waals surface area contributed by atoms with Gasteiger partial charge >= 0.3 is 0 Å². The zero-order valence-corrected chi connectivity index (χ0v) is 14.3. The van der Waals surface area contributed by atoms with Crippen LogP contribution in [-0.2, 0) is 6.54 Å². The summed E-state index contributed by atoms with van der Waals surface area (Å²) in [6.45, 7) is 0.478. The maximum Gasteiger partial charge on any atom is 0.233 e. The highest BCUT2D eigenvalue weighted by Crippen LogP contribution is 2.44. The summed E-state index contributed by atoms with van der Waals surface area (Å²) in [5.41, 5.74) is 17.6. The predicted molar refractivity (Wildman–Crippen MR) is 104 cm³/mol. The first-order chi connectivity index (χ1) is 13.1. The number of rotatable bonds is 3. The third-order valence-electron chi connectivity index (χ3n) is 4.93. The third kappa shape index (κ3) is 2.40. The monoisotopic (exact) mass is 359 g/mol. The van der Waals surface area contributed by atoms with Gasteiger partial charge < -0.3 is 26.3 Å². The van der Waals surface area contributed by atoms with E-state index in [2.05, 4.69) is 15.3 Å². The van der Waals surface area contributed by atoms with Crippen molar-refractivity contribution >= 4 is 28.6 Å². The van der Waals surface area contributed by atoms with Gasteiger partial charge in [-0.05, 0) is 34.4 Å². The van der Waals surface area contributed by atoms with Crippen LogP contribution >= 0.6 is 0 Å². The molecule has 6 N–H and O–H groups in total. The lowest BCUT2D eigenvalue weighted by Gasteiger charge is -2.10. The van der Waals surface area contributed by atoms with Crippen LogP contribution in [0.25, 0.3) is 22.2 Å². The third-order valence-corrected chi connectivity index (χ3v) is 4.93. The van der Waals surface area contributed by atoms with Crippen LogP contribution in [0.1, 0.15) is 22.8 Å². The minimum Gasteiger partial charge on any atom is -0.446 e. The van der Waals surface area contributed by atoms with E-state index >= 15 is 0 Å². The molecule has 0 radical (unpaired) electrons. The molecule has 0 aliphatic heterocycles. The predicted octanol–water partition coefficient (Wildman–Crippen LogP) is 3.06. The maximum absolute atomic E-state index is 10.6. The Morgan fingerprint density at radius 3 is 2.74 bits per heavy atom. The van der Waals surface area contributed by atoms with Crippen LogP contribution in [0.5, 0.6) is 0 Å². The van der Waals surface area contributed by atoms with Crippen molar-refractivity contribution in [2.75, 3.05) is 16.8 Å². The van der Waals surface area contributed by atoms with Gasteiger partial charge in [-0.3, -0.25) is 0 Å². The maximum atomic E-state index is 10.6. The molecule has 0 saturated heterocycles. The number of furan rings is 1. The Bertz CT molecular complexity index is 1180. The Morgan fingerprint density at radius 2 is 1.85 bits per heavy atom. The SMILES string of the molecule is Nc1nc(N)c2c(CNc3ccc4c(c3)[C@H](O)c3ccccc3-4)coc2n1. The molecule has 4 aromatic rings. The standard InChI is InChI=1S/C20H17N5O2/c21-18-16-10(9-27-19(16)25-20(22)24-18)8-23-11-5-6-13-12-3-1-2-4-14(12)17(26)15(13)7-11/h1-7,9,17,23,26H,8H2,(H4,21,22,24,25)/t17-/m1/s1. The highest BCUT2D eigenvalue weighted by Gasteiger charge is 2.26. The van der Waals surface area contributed by atoms with Crippen molar-refractivity contribution in [1.82, 2.24) is 9.97 Å². The molecular formula is C20H17N5O2.